The van der Waals surface area contributed by atoms with Crippen LogP contribution in [-0.4, -0.2) is 56.5 Å². The summed E-state index contributed by atoms with van der Waals surface area (Å²) in [6.07, 6.45) is 0.0990. The quantitative estimate of drug-likeness (QED) is 0.677. The molecular weight excluding hydrogens is 387 g/mol. The molecule has 0 radical (unpaired) electrons. The van der Waals surface area contributed by atoms with E-state index in [0.29, 0.717) is 30.0 Å². The van der Waals surface area contributed by atoms with Crippen molar-refractivity contribution in [3.05, 3.63) is 42.0 Å². The van der Waals surface area contributed by atoms with Crippen molar-refractivity contribution in [1.82, 2.24) is 19.6 Å². The van der Waals surface area contributed by atoms with Gasteiger partial charge in [0.2, 0.25) is 12.4 Å². The Bertz CT molecular complexity index is 995. The molecule has 4 heterocycles. The number of aliphatic hydroxyl groups excluding tert-OH is 1. The highest BCUT2D eigenvalue weighted by molar-refractivity contribution is 5.64. The predicted octanol–water partition coefficient (Wildman–Crippen LogP) is 2.86. The third-order valence-electron chi connectivity index (χ3n) is 5.06. The lowest BCUT2D eigenvalue weighted by Crippen LogP contribution is -2.42. The minimum Gasteiger partial charge on any atom is -0.389 e. The fraction of sp³-hybridized carbons (Fsp3) is 0.421. The molecule has 3 aromatic heterocycles. The van der Waals surface area contributed by atoms with Crippen LogP contribution in [0.1, 0.15) is 24.8 Å². The minimum absolute atomic E-state index is 0.157. The SMILES string of the molecule is CC(c1ccc(-c2cc(F)c3cnc(N[C@@H]4CCOC[C@H]4O)nn23)nc1)C(F)F. The van der Waals surface area contributed by atoms with Gasteiger partial charge < -0.3 is 15.2 Å². The van der Waals surface area contributed by atoms with Crippen molar-refractivity contribution in [2.24, 2.45) is 0 Å². The molecule has 4 rings (SSSR count). The molecule has 0 saturated carbocycles. The molecule has 3 atom stereocenters. The van der Waals surface area contributed by atoms with Gasteiger partial charge in [-0.2, -0.15) is 0 Å². The maximum Gasteiger partial charge on any atom is 0.245 e. The van der Waals surface area contributed by atoms with Gasteiger partial charge in [-0.05, 0) is 18.1 Å². The van der Waals surface area contributed by atoms with E-state index in [1.165, 1.54) is 29.9 Å². The number of rotatable bonds is 5. The fourth-order valence-electron chi connectivity index (χ4n) is 3.23. The first kappa shape index (κ1) is 19.6. The highest BCUT2D eigenvalue weighted by atomic mass is 19.3. The van der Waals surface area contributed by atoms with Crippen LogP contribution < -0.4 is 5.32 Å². The summed E-state index contributed by atoms with van der Waals surface area (Å²) in [7, 11) is 0. The lowest BCUT2D eigenvalue weighted by Gasteiger charge is -2.28. The third-order valence-corrected chi connectivity index (χ3v) is 5.06. The van der Waals surface area contributed by atoms with Gasteiger partial charge in [-0.25, -0.2) is 22.7 Å². The summed E-state index contributed by atoms with van der Waals surface area (Å²) < 4.78 is 46.7. The topological polar surface area (TPSA) is 84.6 Å². The summed E-state index contributed by atoms with van der Waals surface area (Å²) >= 11 is 0. The van der Waals surface area contributed by atoms with Crippen LogP contribution in [0.2, 0.25) is 0 Å². The van der Waals surface area contributed by atoms with Gasteiger partial charge in [0, 0.05) is 24.8 Å². The van der Waals surface area contributed by atoms with E-state index in [1.807, 2.05) is 0 Å². The second-order valence-corrected chi connectivity index (χ2v) is 7.04. The molecule has 29 heavy (non-hydrogen) atoms. The zero-order valence-electron chi connectivity index (χ0n) is 15.6. The second-order valence-electron chi connectivity index (χ2n) is 7.04. The molecule has 1 fully saturated rings. The molecule has 0 spiro atoms. The summed E-state index contributed by atoms with van der Waals surface area (Å²) in [5, 5.41) is 17.4. The fourth-order valence-corrected chi connectivity index (χ4v) is 3.23. The average Bonchev–Trinajstić information content (AvgIpc) is 3.05. The number of nitrogens with one attached hydrogen (secondary N) is 1. The number of alkyl halides is 2. The van der Waals surface area contributed by atoms with Crippen LogP contribution in [0, 0.1) is 5.82 Å². The maximum atomic E-state index is 14.4. The number of ether oxygens (including phenoxy) is 1. The van der Waals surface area contributed by atoms with E-state index in [9.17, 15) is 18.3 Å². The monoisotopic (exact) mass is 407 g/mol. The van der Waals surface area contributed by atoms with Crippen molar-refractivity contribution in [1.29, 1.82) is 0 Å². The van der Waals surface area contributed by atoms with Crippen molar-refractivity contribution in [3.63, 3.8) is 0 Å². The van der Waals surface area contributed by atoms with Crippen LogP contribution in [-0.2, 0) is 4.74 Å². The first-order chi connectivity index (χ1) is 13.9. The molecule has 10 heteroatoms. The van der Waals surface area contributed by atoms with Gasteiger partial charge in [-0.15, -0.1) is 5.10 Å². The van der Waals surface area contributed by atoms with Gasteiger partial charge in [-0.3, -0.25) is 4.98 Å². The Labute approximate surface area is 164 Å². The molecule has 1 aliphatic rings. The number of pyridine rings is 1. The van der Waals surface area contributed by atoms with Crippen molar-refractivity contribution in [2.45, 2.75) is 37.8 Å². The Kier molecular flexibility index (Phi) is 5.37. The maximum absolute atomic E-state index is 14.4. The van der Waals surface area contributed by atoms with Gasteiger partial charge in [0.25, 0.3) is 0 Å². The minimum atomic E-state index is -2.49. The number of halogens is 3. The number of hydrogen-bond acceptors (Lipinski definition) is 6. The molecule has 0 aliphatic carbocycles. The van der Waals surface area contributed by atoms with Crippen LogP contribution in [0.4, 0.5) is 19.1 Å². The third kappa shape index (κ3) is 3.90. The first-order valence-corrected chi connectivity index (χ1v) is 9.25. The molecule has 1 unspecified atom stereocenters. The van der Waals surface area contributed by atoms with Crippen LogP contribution in [0.3, 0.4) is 0 Å². The molecule has 7 nitrogen and oxygen atoms in total. The molecule has 1 saturated heterocycles. The summed E-state index contributed by atoms with van der Waals surface area (Å²) in [5.41, 5.74) is 1.32. The molecule has 0 amide bonds. The average molecular weight is 407 g/mol. The molecule has 0 aromatic carbocycles. The Morgan fingerprint density at radius 1 is 1.28 bits per heavy atom. The number of aliphatic hydroxyl groups is 1. The Morgan fingerprint density at radius 2 is 2.10 bits per heavy atom. The van der Waals surface area contributed by atoms with Crippen molar-refractivity contribution >= 4 is 11.5 Å². The molecule has 1 aliphatic heterocycles. The first-order valence-electron chi connectivity index (χ1n) is 9.25. The smallest absolute Gasteiger partial charge is 0.245 e. The summed E-state index contributed by atoms with van der Waals surface area (Å²) in [6.45, 7) is 2.15. The number of nitrogens with zero attached hydrogens (tertiary/aromatic N) is 4. The molecular formula is C19H20F3N5O2. The van der Waals surface area contributed by atoms with Crippen LogP contribution >= 0.6 is 0 Å². The van der Waals surface area contributed by atoms with E-state index in [-0.39, 0.29) is 24.1 Å². The molecule has 154 valence electrons. The summed E-state index contributed by atoms with van der Waals surface area (Å²) in [5.74, 6) is -1.24. The molecule has 2 N–H and O–H groups in total. The number of aromatic nitrogens is 4. The van der Waals surface area contributed by atoms with Crippen molar-refractivity contribution in [3.8, 4) is 11.4 Å². The lowest BCUT2D eigenvalue weighted by molar-refractivity contribution is -0.0136. The highest BCUT2D eigenvalue weighted by Gasteiger charge is 2.25. The zero-order valence-corrected chi connectivity index (χ0v) is 15.6. The van der Waals surface area contributed by atoms with Crippen molar-refractivity contribution in [2.75, 3.05) is 18.5 Å². The van der Waals surface area contributed by atoms with Crippen molar-refractivity contribution < 1.29 is 23.0 Å². The van der Waals surface area contributed by atoms with E-state index in [2.05, 4.69) is 20.4 Å². The largest absolute Gasteiger partial charge is 0.389 e. The van der Waals surface area contributed by atoms with E-state index in [0.717, 1.165) is 0 Å². The Hall–Kier alpha value is -2.72. The zero-order chi connectivity index (χ0) is 20.5. The lowest BCUT2D eigenvalue weighted by atomic mass is 10.0. The standard InChI is InChI=1S/C19H20F3N5O2/c1-10(18(21)22)11-2-3-13(23-7-11)15-6-12(20)16-8-24-19(26-27(15)16)25-14-4-5-29-9-17(14)28/h2-3,6-8,10,14,17-18,28H,4-5,9H2,1H3,(H,25,26)/t10?,14-,17-/m1/s1. The van der Waals surface area contributed by atoms with Gasteiger partial charge in [-0.1, -0.05) is 13.0 Å². The van der Waals surface area contributed by atoms with E-state index >= 15 is 0 Å². The van der Waals surface area contributed by atoms with Gasteiger partial charge in [0.1, 0.15) is 5.52 Å². The second kappa shape index (κ2) is 7.96. The van der Waals surface area contributed by atoms with Crippen LogP contribution in [0.25, 0.3) is 16.9 Å². The Balaban J connectivity index is 1.66. The van der Waals surface area contributed by atoms with E-state index in [1.54, 1.807) is 12.1 Å². The molecule has 3 aromatic rings. The van der Waals surface area contributed by atoms with Gasteiger partial charge >= 0.3 is 0 Å². The van der Waals surface area contributed by atoms with Gasteiger partial charge in [0.05, 0.1) is 36.3 Å². The molecule has 0 bridgehead atoms. The van der Waals surface area contributed by atoms with E-state index < -0.39 is 24.3 Å². The normalized spacial score (nSPS) is 20.9. The van der Waals surface area contributed by atoms with Crippen LogP contribution in [0.15, 0.2) is 30.6 Å². The summed E-state index contributed by atoms with van der Waals surface area (Å²) in [6, 6.07) is 4.11. The predicted molar refractivity (Wildman–Crippen MR) is 99.4 cm³/mol. The Morgan fingerprint density at radius 3 is 2.79 bits per heavy atom. The van der Waals surface area contributed by atoms with Crippen LogP contribution in [0.5, 0.6) is 0 Å². The number of hydrogen-bond donors (Lipinski definition) is 2. The summed E-state index contributed by atoms with van der Waals surface area (Å²) in [4.78, 5) is 8.34. The van der Waals surface area contributed by atoms with Gasteiger partial charge in [0.15, 0.2) is 5.82 Å². The number of fused-ring (bicyclic) bond motifs is 1. The number of anilines is 1. The highest BCUT2D eigenvalue weighted by Crippen LogP contribution is 2.27. The van der Waals surface area contributed by atoms with E-state index in [4.69, 9.17) is 4.74 Å².